The second kappa shape index (κ2) is 6.31. The Morgan fingerprint density at radius 1 is 1.20 bits per heavy atom. The molecule has 0 spiro atoms. The second-order valence-electron chi connectivity index (χ2n) is 6.92. The van der Waals surface area contributed by atoms with Crippen molar-refractivity contribution < 1.29 is 9.59 Å². The molecule has 0 radical (unpaired) electrons. The molecule has 2 aliphatic rings. The zero-order chi connectivity index (χ0) is 17.4. The van der Waals surface area contributed by atoms with E-state index < -0.39 is 0 Å². The number of rotatable bonds is 3. The zero-order valence-electron chi connectivity index (χ0n) is 14.3. The van der Waals surface area contributed by atoms with Crippen molar-refractivity contribution in [3.63, 3.8) is 0 Å². The third-order valence-electron chi connectivity index (χ3n) is 5.05. The number of nitrogens with zero attached hydrogens (tertiary/aromatic N) is 2. The van der Waals surface area contributed by atoms with Gasteiger partial charge in [-0.2, -0.15) is 0 Å². The number of fused-ring (bicyclic) bond motifs is 1. The predicted molar refractivity (Wildman–Crippen MR) is 96.5 cm³/mol. The lowest BCUT2D eigenvalue weighted by Crippen LogP contribution is -2.28. The molecule has 1 fully saturated rings. The number of aryl methyl sites for hydroxylation is 3. The predicted octanol–water partition coefficient (Wildman–Crippen LogP) is 2.87. The van der Waals surface area contributed by atoms with E-state index in [2.05, 4.69) is 22.4 Å². The van der Waals surface area contributed by atoms with Gasteiger partial charge in [-0.3, -0.25) is 9.59 Å². The Balaban J connectivity index is 1.46. The number of carbonyl (C=O) groups is 2. The van der Waals surface area contributed by atoms with Crippen LogP contribution in [0, 0.1) is 12.8 Å². The Morgan fingerprint density at radius 3 is 2.84 bits per heavy atom. The molecule has 1 aromatic heterocycles. The largest absolute Gasteiger partial charge is 0.312 e. The van der Waals surface area contributed by atoms with Crippen molar-refractivity contribution in [3.8, 4) is 0 Å². The molecule has 1 atom stereocenters. The number of amides is 2. The fourth-order valence-corrected chi connectivity index (χ4v) is 3.63. The molecule has 1 aliphatic carbocycles. The van der Waals surface area contributed by atoms with Gasteiger partial charge in [-0.1, -0.05) is 12.1 Å². The van der Waals surface area contributed by atoms with E-state index in [0.29, 0.717) is 12.4 Å². The molecular weight excluding hydrogens is 314 g/mol. The summed E-state index contributed by atoms with van der Waals surface area (Å²) < 4.78 is 0. The SMILES string of the molecule is Cc1ccc(NC(=O)C2CC(=O)N(c3ccc4c(c3)CCC4)C2)nc1. The minimum absolute atomic E-state index is 0.00922. The molecule has 25 heavy (non-hydrogen) atoms. The number of anilines is 2. The van der Waals surface area contributed by atoms with E-state index in [1.807, 2.05) is 19.1 Å². The summed E-state index contributed by atoms with van der Waals surface area (Å²) in [6.07, 6.45) is 5.34. The van der Waals surface area contributed by atoms with E-state index in [-0.39, 0.29) is 24.2 Å². The van der Waals surface area contributed by atoms with Crippen LogP contribution in [0.5, 0.6) is 0 Å². The van der Waals surface area contributed by atoms with Crippen LogP contribution in [-0.2, 0) is 22.4 Å². The quantitative estimate of drug-likeness (QED) is 0.938. The Morgan fingerprint density at radius 2 is 2.04 bits per heavy atom. The maximum Gasteiger partial charge on any atom is 0.230 e. The van der Waals surface area contributed by atoms with Gasteiger partial charge in [0.1, 0.15) is 5.82 Å². The van der Waals surface area contributed by atoms with E-state index in [9.17, 15) is 9.59 Å². The third kappa shape index (κ3) is 3.14. The zero-order valence-corrected chi connectivity index (χ0v) is 14.3. The second-order valence-corrected chi connectivity index (χ2v) is 6.92. The third-order valence-corrected chi connectivity index (χ3v) is 5.05. The molecule has 1 unspecified atom stereocenters. The van der Waals surface area contributed by atoms with E-state index >= 15 is 0 Å². The summed E-state index contributed by atoms with van der Waals surface area (Å²) >= 11 is 0. The number of nitrogens with one attached hydrogen (secondary N) is 1. The lowest BCUT2D eigenvalue weighted by atomic mass is 10.1. The summed E-state index contributed by atoms with van der Waals surface area (Å²) in [4.78, 5) is 30.8. The van der Waals surface area contributed by atoms with Gasteiger partial charge >= 0.3 is 0 Å². The number of hydrogen-bond donors (Lipinski definition) is 1. The molecule has 0 saturated carbocycles. The standard InChI is InChI=1S/C20H21N3O2/c1-13-5-8-18(21-11-13)22-20(25)16-10-19(24)23(12-16)17-7-6-14-3-2-4-15(14)9-17/h5-9,11,16H,2-4,10,12H2,1H3,(H,21,22,25). The van der Waals surface area contributed by atoms with Crippen LogP contribution in [-0.4, -0.2) is 23.3 Å². The fraction of sp³-hybridized carbons (Fsp3) is 0.350. The van der Waals surface area contributed by atoms with E-state index in [4.69, 9.17) is 0 Å². The molecular formula is C20H21N3O2. The van der Waals surface area contributed by atoms with Crippen molar-refractivity contribution in [2.75, 3.05) is 16.8 Å². The van der Waals surface area contributed by atoms with Crippen LogP contribution in [0.3, 0.4) is 0 Å². The van der Waals surface area contributed by atoms with Crippen LogP contribution in [0.4, 0.5) is 11.5 Å². The van der Waals surface area contributed by atoms with Gasteiger partial charge < -0.3 is 10.2 Å². The summed E-state index contributed by atoms with van der Waals surface area (Å²) in [5.74, 6) is 0.0474. The van der Waals surface area contributed by atoms with Crippen molar-refractivity contribution >= 4 is 23.3 Å². The summed E-state index contributed by atoms with van der Waals surface area (Å²) in [5.41, 5.74) is 4.67. The number of benzene rings is 1. The van der Waals surface area contributed by atoms with Crippen molar-refractivity contribution in [3.05, 3.63) is 53.2 Å². The molecule has 128 valence electrons. The number of carbonyl (C=O) groups excluding carboxylic acids is 2. The van der Waals surface area contributed by atoms with E-state index in [0.717, 1.165) is 24.1 Å². The van der Waals surface area contributed by atoms with Crippen LogP contribution in [0.1, 0.15) is 29.5 Å². The number of aromatic nitrogens is 1. The Hall–Kier alpha value is -2.69. The highest BCUT2D eigenvalue weighted by atomic mass is 16.2. The van der Waals surface area contributed by atoms with Crippen LogP contribution in [0.15, 0.2) is 36.5 Å². The lowest BCUT2D eigenvalue weighted by molar-refractivity contribution is -0.122. The molecule has 2 heterocycles. The molecule has 2 amide bonds. The highest BCUT2D eigenvalue weighted by molar-refractivity contribution is 6.03. The highest BCUT2D eigenvalue weighted by Crippen LogP contribution is 2.30. The normalized spacial score (nSPS) is 19.2. The van der Waals surface area contributed by atoms with Crippen molar-refractivity contribution in [2.45, 2.75) is 32.6 Å². The number of hydrogen-bond acceptors (Lipinski definition) is 3. The lowest BCUT2D eigenvalue weighted by Gasteiger charge is -2.18. The first-order valence-electron chi connectivity index (χ1n) is 8.76. The van der Waals surface area contributed by atoms with Crippen LogP contribution >= 0.6 is 0 Å². The number of pyridine rings is 1. The van der Waals surface area contributed by atoms with Gasteiger partial charge in [0, 0.05) is 24.8 Å². The molecule has 1 aromatic carbocycles. The van der Waals surface area contributed by atoms with E-state index in [1.165, 1.54) is 17.5 Å². The molecule has 1 N–H and O–H groups in total. The minimum atomic E-state index is -0.344. The first kappa shape index (κ1) is 15.8. The molecule has 0 bridgehead atoms. The van der Waals surface area contributed by atoms with Crippen LogP contribution in [0.2, 0.25) is 0 Å². The van der Waals surface area contributed by atoms with Crippen molar-refractivity contribution in [1.29, 1.82) is 0 Å². The molecule has 4 rings (SSSR count). The monoisotopic (exact) mass is 335 g/mol. The highest BCUT2D eigenvalue weighted by Gasteiger charge is 2.35. The maximum atomic E-state index is 12.5. The maximum absolute atomic E-state index is 12.5. The van der Waals surface area contributed by atoms with Gasteiger partial charge in [0.2, 0.25) is 11.8 Å². The van der Waals surface area contributed by atoms with Gasteiger partial charge in [-0.05, 0) is 61.1 Å². The molecule has 5 heteroatoms. The summed E-state index contributed by atoms with van der Waals surface area (Å²) in [6, 6.07) is 9.92. The average Bonchev–Trinajstić information content (AvgIpc) is 3.22. The smallest absolute Gasteiger partial charge is 0.230 e. The van der Waals surface area contributed by atoms with Gasteiger partial charge in [-0.25, -0.2) is 4.98 Å². The van der Waals surface area contributed by atoms with Crippen LogP contribution in [0.25, 0.3) is 0 Å². The molecule has 1 aliphatic heterocycles. The van der Waals surface area contributed by atoms with E-state index in [1.54, 1.807) is 17.2 Å². The molecule has 5 nitrogen and oxygen atoms in total. The van der Waals surface area contributed by atoms with Gasteiger partial charge in [0.05, 0.1) is 5.92 Å². The van der Waals surface area contributed by atoms with Gasteiger partial charge in [0.25, 0.3) is 0 Å². The van der Waals surface area contributed by atoms with Crippen LogP contribution < -0.4 is 10.2 Å². The molecule has 1 saturated heterocycles. The minimum Gasteiger partial charge on any atom is -0.312 e. The first-order valence-corrected chi connectivity index (χ1v) is 8.76. The fourth-order valence-electron chi connectivity index (χ4n) is 3.63. The van der Waals surface area contributed by atoms with Crippen molar-refractivity contribution in [1.82, 2.24) is 4.98 Å². The van der Waals surface area contributed by atoms with Gasteiger partial charge in [-0.15, -0.1) is 0 Å². The Bertz CT molecular complexity index is 829. The Kier molecular flexibility index (Phi) is 3.99. The van der Waals surface area contributed by atoms with Gasteiger partial charge in [0.15, 0.2) is 0 Å². The Labute approximate surface area is 147 Å². The summed E-state index contributed by atoms with van der Waals surface area (Å²) in [5, 5.41) is 2.82. The van der Waals surface area contributed by atoms with Crippen molar-refractivity contribution in [2.24, 2.45) is 5.92 Å². The summed E-state index contributed by atoms with van der Waals surface area (Å²) in [7, 11) is 0. The molecule has 2 aromatic rings. The summed E-state index contributed by atoms with van der Waals surface area (Å²) in [6.45, 7) is 2.37. The average molecular weight is 335 g/mol. The first-order chi connectivity index (χ1) is 12.1. The topological polar surface area (TPSA) is 62.3 Å².